The molecule has 0 bridgehead atoms. The Kier molecular flexibility index (Phi) is 3.95. The summed E-state index contributed by atoms with van der Waals surface area (Å²) in [6.45, 7) is 1.06. The molecule has 0 atom stereocenters. The first-order chi connectivity index (χ1) is 10.7. The maximum atomic E-state index is 12.3. The van der Waals surface area contributed by atoms with Crippen LogP contribution in [-0.2, 0) is 4.79 Å². The van der Waals surface area contributed by atoms with E-state index in [1.54, 1.807) is 23.4 Å². The quantitative estimate of drug-likeness (QED) is 0.924. The van der Waals surface area contributed by atoms with E-state index in [0.29, 0.717) is 13.1 Å². The van der Waals surface area contributed by atoms with Crippen LogP contribution in [0.15, 0.2) is 48.8 Å². The molecule has 1 aromatic heterocycles. The molecule has 1 aromatic carbocycles. The van der Waals surface area contributed by atoms with Crippen LogP contribution >= 0.6 is 0 Å². The first kappa shape index (κ1) is 14.0. The number of para-hydroxylation sites is 1. The average Bonchev–Trinajstić information content (AvgIpc) is 2.90. The van der Waals surface area contributed by atoms with E-state index in [2.05, 4.69) is 15.3 Å². The Labute approximate surface area is 127 Å². The predicted molar refractivity (Wildman–Crippen MR) is 81.4 cm³/mol. The molecular formula is C15H15N5O2. The standard InChI is InChI=1S/C15H15N5O2/c21-13(18-14-16-7-4-8-17-14)11-19-9-10-20(15(19)22)12-5-2-1-3-6-12/h1-8H,9-11H2,(H,16,17,18,21). The smallest absolute Gasteiger partial charge is 0.313 e. The normalized spacial score (nSPS) is 14.3. The largest absolute Gasteiger partial charge is 0.325 e. The minimum atomic E-state index is -0.311. The molecule has 1 N–H and O–H groups in total. The molecule has 3 rings (SSSR count). The van der Waals surface area contributed by atoms with Crippen LogP contribution in [0.3, 0.4) is 0 Å². The SMILES string of the molecule is O=C(CN1CCN(c2ccccc2)C1=O)Nc1ncccn1. The highest BCUT2D eigenvalue weighted by atomic mass is 16.2. The highest BCUT2D eigenvalue weighted by molar-refractivity contribution is 5.98. The van der Waals surface area contributed by atoms with E-state index in [0.717, 1.165) is 5.69 Å². The van der Waals surface area contributed by atoms with Crippen molar-refractivity contribution >= 4 is 23.6 Å². The van der Waals surface area contributed by atoms with Gasteiger partial charge in [-0.1, -0.05) is 18.2 Å². The molecule has 7 heteroatoms. The third-order valence-corrected chi connectivity index (χ3v) is 3.31. The Bertz CT molecular complexity index is 662. The van der Waals surface area contributed by atoms with Gasteiger partial charge in [0.25, 0.3) is 0 Å². The van der Waals surface area contributed by atoms with Crippen LogP contribution in [-0.4, -0.2) is 46.4 Å². The van der Waals surface area contributed by atoms with Crippen molar-refractivity contribution in [2.45, 2.75) is 0 Å². The highest BCUT2D eigenvalue weighted by Gasteiger charge is 2.30. The molecule has 1 aliphatic rings. The molecule has 0 unspecified atom stereocenters. The fourth-order valence-corrected chi connectivity index (χ4v) is 2.28. The Morgan fingerprint density at radius 3 is 2.55 bits per heavy atom. The maximum absolute atomic E-state index is 12.3. The lowest BCUT2D eigenvalue weighted by atomic mass is 10.3. The van der Waals surface area contributed by atoms with Crippen LogP contribution < -0.4 is 10.2 Å². The van der Waals surface area contributed by atoms with Crippen molar-refractivity contribution in [2.24, 2.45) is 0 Å². The van der Waals surface area contributed by atoms with E-state index >= 15 is 0 Å². The third kappa shape index (κ3) is 3.03. The number of hydrogen-bond donors (Lipinski definition) is 1. The fraction of sp³-hybridized carbons (Fsp3) is 0.200. The van der Waals surface area contributed by atoms with Gasteiger partial charge in [-0.25, -0.2) is 14.8 Å². The van der Waals surface area contributed by atoms with Crippen molar-refractivity contribution in [3.63, 3.8) is 0 Å². The number of nitrogens with zero attached hydrogens (tertiary/aromatic N) is 4. The first-order valence-corrected chi connectivity index (χ1v) is 6.92. The molecule has 112 valence electrons. The number of carbonyl (C=O) groups excluding carboxylic acids is 2. The zero-order valence-corrected chi connectivity index (χ0v) is 11.8. The number of rotatable bonds is 4. The number of amides is 3. The Balaban J connectivity index is 1.60. The molecule has 1 aliphatic heterocycles. The summed E-state index contributed by atoms with van der Waals surface area (Å²) in [5.74, 6) is -0.0754. The van der Waals surface area contributed by atoms with Crippen LogP contribution in [0.25, 0.3) is 0 Å². The van der Waals surface area contributed by atoms with Crippen molar-refractivity contribution in [1.82, 2.24) is 14.9 Å². The Hall–Kier alpha value is -2.96. The number of anilines is 2. The van der Waals surface area contributed by atoms with Gasteiger partial charge in [0.2, 0.25) is 11.9 Å². The van der Waals surface area contributed by atoms with Crippen LogP contribution in [0.2, 0.25) is 0 Å². The Morgan fingerprint density at radius 1 is 1.09 bits per heavy atom. The molecular weight excluding hydrogens is 282 g/mol. The van der Waals surface area contributed by atoms with Gasteiger partial charge in [-0.2, -0.15) is 0 Å². The number of hydrogen-bond acceptors (Lipinski definition) is 4. The molecule has 0 spiro atoms. The van der Waals surface area contributed by atoms with E-state index in [-0.39, 0.29) is 24.4 Å². The zero-order chi connectivity index (χ0) is 15.4. The van der Waals surface area contributed by atoms with Crippen molar-refractivity contribution in [2.75, 3.05) is 29.9 Å². The van der Waals surface area contributed by atoms with Gasteiger partial charge >= 0.3 is 6.03 Å². The summed E-state index contributed by atoms with van der Waals surface area (Å²) in [5, 5.41) is 2.57. The molecule has 0 radical (unpaired) electrons. The second-order valence-corrected chi connectivity index (χ2v) is 4.81. The topological polar surface area (TPSA) is 78.4 Å². The van der Waals surface area contributed by atoms with Gasteiger partial charge in [-0.05, 0) is 18.2 Å². The van der Waals surface area contributed by atoms with E-state index in [4.69, 9.17) is 0 Å². The second-order valence-electron chi connectivity index (χ2n) is 4.81. The predicted octanol–water partition coefficient (Wildman–Crippen LogP) is 1.36. The lowest BCUT2D eigenvalue weighted by Gasteiger charge is -2.18. The van der Waals surface area contributed by atoms with Gasteiger partial charge in [0.15, 0.2) is 0 Å². The van der Waals surface area contributed by atoms with Gasteiger partial charge in [-0.3, -0.25) is 15.0 Å². The molecule has 1 fully saturated rings. The van der Waals surface area contributed by atoms with Crippen molar-refractivity contribution in [1.29, 1.82) is 0 Å². The summed E-state index contributed by atoms with van der Waals surface area (Å²) in [6, 6.07) is 10.9. The summed E-state index contributed by atoms with van der Waals surface area (Å²) in [6.07, 6.45) is 3.08. The molecule has 2 heterocycles. The monoisotopic (exact) mass is 297 g/mol. The van der Waals surface area contributed by atoms with E-state index < -0.39 is 0 Å². The third-order valence-electron chi connectivity index (χ3n) is 3.31. The van der Waals surface area contributed by atoms with Crippen molar-refractivity contribution in [3.05, 3.63) is 48.8 Å². The number of aromatic nitrogens is 2. The van der Waals surface area contributed by atoms with Crippen LogP contribution in [0.4, 0.5) is 16.4 Å². The number of urea groups is 1. The van der Waals surface area contributed by atoms with Crippen LogP contribution in [0, 0.1) is 0 Å². The van der Waals surface area contributed by atoms with Crippen molar-refractivity contribution in [3.8, 4) is 0 Å². The minimum absolute atomic E-state index is 0.0135. The second kappa shape index (κ2) is 6.21. The number of nitrogens with one attached hydrogen (secondary N) is 1. The molecule has 22 heavy (non-hydrogen) atoms. The van der Waals surface area contributed by atoms with Crippen molar-refractivity contribution < 1.29 is 9.59 Å². The lowest BCUT2D eigenvalue weighted by molar-refractivity contribution is -0.116. The fourth-order valence-electron chi connectivity index (χ4n) is 2.28. The summed E-state index contributed by atoms with van der Waals surface area (Å²) < 4.78 is 0. The lowest BCUT2D eigenvalue weighted by Crippen LogP contribution is -2.37. The van der Waals surface area contributed by atoms with Gasteiger partial charge in [-0.15, -0.1) is 0 Å². The van der Waals surface area contributed by atoms with Crippen LogP contribution in [0.1, 0.15) is 0 Å². The zero-order valence-electron chi connectivity index (χ0n) is 11.8. The minimum Gasteiger partial charge on any atom is -0.313 e. The number of benzene rings is 1. The van der Waals surface area contributed by atoms with E-state index in [1.807, 2.05) is 30.3 Å². The van der Waals surface area contributed by atoms with Gasteiger partial charge in [0, 0.05) is 31.2 Å². The van der Waals surface area contributed by atoms with Gasteiger partial charge in [0.1, 0.15) is 6.54 Å². The van der Waals surface area contributed by atoms with E-state index in [1.165, 1.54) is 4.90 Å². The summed E-state index contributed by atoms with van der Waals surface area (Å²) >= 11 is 0. The van der Waals surface area contributed by atoms with E-state index in [9.17, 15) is 9.59 Å². The summed E-state index contributed by atoms with van der Waals surface area (Å²) in [4.78, 5) is 35.3. The molecule has 0 saturated carbocycles. The summed E-state index contributed by atoms with van der Waals surface area (Å²) in [7, 11) is 0. The average molecular weight is 297 g/mol. The first-order valence-electron chi connectivity index (χ1n) is 6.92. The molecule has 7 nitrogen and oxygen atoms in total. The molecule has 2 aromatic rings. The van der Waals surface area contributed by atoms with Gasteiger partial charge < -0.3 is 4.90 Å². The molecule has 3 amide bonds. The Morgan fingerprint density at radius 2 is 1.82 bits per heavy atom. The number of carbonyl (C=O) groups is 2. The maximum Gasteiger partial charge on any atom is 0.325 e. The summed E-state index contributed by atoms with van der Waals surface area (Å²) in [5.41, 5.74) is 0.835. The van der Waals surface area contributed by atoms with Crippen LogP contribution in [0.5, 0.6) is 0 Å². The highest BCUT2D eigenvalue weighted by Crippen LogP contribution is 2.19. The van der Waals surface area contributed by atoms with Gasteiger partial charge in [0.05, 0.1) is 0 Å². The molecule has 0 aliphatic carbocycles. The molecule has 1 saturated heterocycles.